The summed E-state index contributed by atoms with van der Waals surface area (Å²) in [5.41, 5.74) is 2.26. The van der Waals surface area contributed by atoms with Gasteiger partial charge >= 0.3 is 0 Å². The fraction of sp³-hybridized carbons (Fsp3) is 0.423. The fourth-order valence-corrected chi connectivity index (χ4v) is 3.36. The third-order valence-corrected chi connectivity index (χ3v) is 5.18. The molecule has 0 bridgehead atoms. The third kappa shape index (κ3) is 7.67. The van der Waals surface area contributed by atoms with Crippen LogP contribution in [0.3, 0.4) is 0 Å². The Morgan fingerprint density at radius 3 is 2.16 bits per heavy atom. The molecule has 0 aliphatic carbocycles. The van der Waals surface area contributed by atoms with Crippen molar-refractivity contribution in [3.05, 3.63) is 53.1 Å². The van der Waals surface area contributed by atoms with Gasteiger partial charge in [0.25, 0.3) is 5.91 Å². The standard InChI is InChI=1S/C26H35NO4/c1-5-6-7-8-9-10-17-27-26(28)25-21(18-23(30-3)19-24(25)31-4)14-11-20-12-15-22(29-2)16-13-20/h11-16,18-19H,5-10,17H2,1-4H3,(H,27,28)/b14-11+. The Balaban J connectivity index is 2.16. The number of hydrogen-bond acceptors (Lipinski definition) is 4. The highest BCUT2D eigenvalue weighted by molar-refractivity contribution is 6.01. The lowest BCUT2D eigenvalue weighted by Gasteiger charge is -2.14. The van der Waals surface area contributed by atoms with E-state index < -0.39 is 0 Å². The van der Waals surface area contributed by atoms with Gasteiger partial charge in [0.2, 0.25) is 0 Å². The number of ether oxygens (including phenoxy) is 3. The average Bonchev–Trinajstić information content (AvgIpc) is 2.81. The van der Waals surface area contributed by atoms with Crippen molar-refractivity contribution >= 4 is 18.1 Å². The predicted octanol–water partition coefficient (Wildman–Crippen LogP) is 5.97. The smallest absolute Gasteiger partial charge is 0.255 e. The first kappa shape index (κ1) is 24.3. The Hall–Kier alpha value is -2.95. The monoisotopic (exact) mass is 425 g/mol. The van der Waals surface area contributed by atoms with Crippen molar-refractivity contribution in [1.29, 1.82) is 0 Å². The SMILES string of the molecule is CCCCCCCCNC(=O)c1c(/C=C/c2ccc(OC)cc2)cc(OC)cc1OC. The molecule has 2 aromatic rings. The molecule has 0 saturated heterocycles. The maximum Gasteiger partial charge on any atom is 0.255 e. The predicted molar refractivity (Wildman–Crippen MR) is 127 cm³/mol. The number of methoxy groups -OCH3 is 3. The van der Waals surface area contributed by atoms with Gasteiger partial charge in [-0.25, -0.2) is 0 Å². The van der Waals surface area contributed by atoms with Crippen LogP contribution in [0, 0.1) is 0 Å². The number of nitrogens with one attached hydrogen (secondary N) is 1. The zero-order valence-corrected chi connectivity index (χ0v) is 19.2. The van der Waals surface area contributed by atoms with Crippen LogP contribution in [0.25, 0.3) is 12.2 Å². The molecule has 0 aromatic heterocycles. The highest BCUT2D eigenvalue weighted by atomic mass is 16.5. The molecule has 0 fully saturated rings. The zero-order valence-electron chi connectivity index (χ0n) is 19.2. The van der Waals surface area contributed by atoms with Crippen LogP contribution in [0.5, 0.6) is 17.2 Å². The van der Waals surface area contributed by atoms with Gasteiger partial charge in [-0.1, -0.05) is 63.3 Å². The van der Waals surface area contributed by atoms with Crippen molar-refractivity contribution in [1.82, 2.24) is 5.32 Å². The van der Waals surface area contributed by atoms with Gasteiger partial charge < -0.3 is 19.5 Å². The minimum atomic E-state index is -0.137. The van der Waals surface area contributed by atoms with Gasteiger partial charge in [-0.05, 0) is 35.7 Å². The summed E-state index contributed by atoms with van der Waals surface area (Å²) in [6.45, 7) is 2.87. The van der Waals surface area contributed by atoms with E-state index in [1.807, 2.05) is 42.5 Å². The molecule has 0 aliphatic heterocycles. The molecular weight excluding hydrogens is 390 g/mol. The summed E-state index contributed by atoms with van der Waals surface area (Å²) in [5, 5.41) is 3.05. The molecule has 0 radical (unpaired) electrons. The zero-order chi connectivity index (χ0) is 22.5. The lowest BCUT2D eigenvalue weighted by molar-refractivity contribution is 0.0949. The summed E-state index contributed by atoms with van der Waals surface area (Å²) in [4.78, 5) is 13.0. The molecule has 5 nitrogen and oxygen atoms in total. The maximum atomic E-state index is 13.0. The van der Waals surface area contributed by atoms with Crippen molar-refractivity contribution in [3.8, 4) is 17.2 Å². The van der Waals surface area contributed by atoms with Crippen molar-refractivity contribution in [2.24, 2.45) is 0 Å². The molecule has 0 saturated carbocycles. The molecule has 1 N–H and O–H groups in total. The van der Waals surface area contributed by atoms with Gasteiger partial charge in [-0.3, -0.25) is 4.79 Å². The number of amides is 1. The molecule has 0 unspecified atom stereocenters. The highest BCUT2D eigenvalue weighted by Crippen LogP contribution is 2.30. The summed E-state index contributed by atoms with van der Waals surface area (Å²) >= 11 is 0. The molecule has 5 heteroatoms. The summed E-state index contributed by atoms with van der Waals surface area (Å²) in [6, 6.07) is 11.3. The Bertz CT molecular complexity index is 843. The third-order valence-electron chi connectivity index (χ3n) is 5.18. The second-order valence-electron chi connectivity index (χ2n) is 7.42. The molecule has 1 amide bonds. The van der Waals surface area contributed by atoms with E-state index in [1.165, 1.54) is 25.7 Å². The minimum Gasteiger partial charge on any atom is -0.497 e. The maximum absolute atomic E-state index is 13.0. The first-order valence-corrected chi connectivity index (χ1v) is 11.0. The average molecular weight is 426 g/mol. The number of carbonyl (C=O) groups is 1. The van der Waals surface area contributed by atoms with Gasteiger partial charge in [-0.15, -0.1) is 0 Å². The first-order chi connectivity index (χ1) is 15.1. The number of carbonyl (C=O) groups excluding carboxylic acids is 1. The van der Waals surface area contributed by atoms with Crippen molar-refractivity contribution in [2.75, 3.05) is 27.9 Å². The van der Waals surface area contributed by atoms with Crippen molar-refractivity contribution in [3.63, 3.8) is 0 Å². The van der Waals surface area contributed by atoms with Crippen LogP contribution in [-0.2, 0) is 0 Å². The first-order valence-electron chi connectivity index (χ1n) is 11.0. The van der Waals surface area contributed by atoms with Crippen LogP contribution >= 0.6 is 0 Å². The molecule has 168 valence electrons. The second-order valence-corrected chi connectivity index (χ2v) is 7.42. The van der Waals surface area contributed by atoms with Crippen molar-refractivity contribution < 1.29 is 19.0 Å². The Labute approximate surface area is 186 Å². The second kappa shape index (κ2) is 13.4. The van der Waals surface area contributed by atoms with Gasteiger partial charge in [0.05, 0.1) is 26.9 Å². The molecule has 0 spiro atoms. The van der Waals surface area contributed by atoms with Crippen LogP contribution < -0.4 is 19.5 Å². The number of benzene rings is 2. The van der Waals surface area contributed by atoms with E-state index in [0.717, 1.165) is 29.7 Å². The lowest BCUT2D eigenvalue weighted by Crippen LogP contribution is -2.25. The van der Waals surface area contributed by atoms with E-state index in [4.69, 9.17) is 14.2 Å². The molecule has 0 heterocycles. The van der Waals surface area contributed by atoms with Crippen LogP contribution in [0.2, 0.25) is 0 Å². The normalized spacial score (nSPS) is 10.8. The molecule has 0 aliphatic rings. The quantitative estimate of drug-likeness (QED) is 0.317. The van der Waals surface area contributed by atoms with E-state index in [0.29, 0.717) is 23.6 Å². The lowest BCUT2D eigenvalue weighted by atomic mass is 10.0. The fourth-order valence-electron chi connectivity index (χ4n) is 3.36. The number of rotatable bonds is 13. The van der Waals surface area contributed by atoms with E-state index in [9.17, 15) is 4.79 Å². The van der Waals surface area contributed by atoms with Crippen LogP contribution in [0.4, 0.5) is 0 Å². The van der Waals surface area contributed by atoms with Crippen molar-refractivity contribution in [2.45, 2.75) is 45.4 Å². The largest absolute Gasteiger partial charge is 0.497 e. The Morgan fingerprint density at radius 1 is 0.839 bits per heavy atom. The van der Waals surface area contributed by atoms with E-state index in [-0.39, 0.29) is 5.91 Å². The van der Waals surface area contributed by atoms with Crippen LogP contribution in [0.15, 0.2) is 36.4 Å². The van der Waals surface area contributed by atoms with Gasteiger partial charge in [0.1, 0.15) is 17.2 Å². The minimum absolute atomic E-state index is 0.137. The number of hydrogen-bond donors (Lipinski definition) is 1. The van der Waals surface area contributed by atoms with Gasteiger partial charge in [0, 0.05) is 12.6 Å². The molecule has 2 rings (SSSR count). The van der Waals surface area contributed by atoms with Crippen LogP contribution in [0.1, 0.15) is 66.9 Å². The van der Waals surface area contributed by atoms with E-state index in [1.54, 1.807) is 27.4 Å². The van der Waals surface area contributed by atoms with Gasteiger partial charge in [-0.2, -0.15) is 0 Å². The molecular formula is C26H35NO4. The topological polar surface area (TPSA) is 56.8 Å². The van der Waals surface area contributed by atoms with E-state index >= 15 is 0 Å². The Kier molecular flexibility index (Phi) is 10.5. The van der Waals surface area contributed by atoms with Gasteiger partial charge in [0.15, 0.2) is 0 Å². The summed E-state index contributed by atoms with van der Waals surface area (Å²) < 4.78 is 16.1. The molecule has 0 atom stereocenters. The summed E-state index contributed by atoms with van der Waals surface area (Å²) in [7, 11) is 4.81. The summed E-state index contributed by atoms with van der Waals surface area (Å²) in [6.07, 6.45) is 11.0. The summed E-state index contributed by atoms with van der Waals surface area (Å²) in [5.74, 6) is 1.80. The molecule has 31 heavy (non-hydrogen) atoms. The number of unbranched alkanes of at least 4 members (excludes halogenated alkanes) is 5. The van der Waals surface area contributed by atoms with E-state index in [2.05, 4.69) is 12.2 Å². The highest BCUT2D eigenvalue weighted by Gasteiger charge is 2.18. The Morgan fingerprint density at radius 2 is 1.52 bits per heavy atom. The molecule has 2 aromatic carbocycles. The van der Waals surface area contributed by atoms with Crippen LogP contribution in [-0.4, -0.2) is 33.8 Å².